The first-order valence-electron chi connectivity index (χ1n) is 10.8. The fourth-order valence-corrected chi connectivity index (χ4v) is 7.14. The minimum atomic E-state index is -3.54. The van der Waals surface area contributed by atoms with Crippen LogP contribution in [0.4, 0.5) is 0 Å². The van der Waals surface area contributed by atoms with E-state index in [-0.39, 0.29) is 11.2 Å². The van der Waals surface area contributed by atoms with E-state index >= 15 is 0 Å². The molecule has 1 heterocycles. The summed E-state index contributed by atoms with van der Waals surface area (Å²) in [4.78, 5) is 0.305. The van der Waals surface area contributed by atoms with Gasteiger partial charge in [0, 0.05) is 24.2 Å². The summed E-state index contributed by atoms with van der Waals surface area (Å²) < 4.78 is 54.0. The lowest BCUT2D eigenvalue weighted by Crippen LogP contribution is -2.57. The minimum absolute atomic E-state index is 0.0820. The van der Waals surface area contributed by atoms with E-state index in [9.17, 15) is 13.0 Å². The first-order chi connectivity index (χ1) is 14.0. The molecular formula is C22H35NO5S2. The molecule has 3 rings (SSSR count). The van der Waals surface area contributed by atoms with Crippen molar-refractivity contribution >= 4 is 21.2 Å². The van der Waals surface area contributed by atoms with E-state index in [0.717, 1.165) is 32.1 Å². The second-order valence-corrected chi connectivity index (χ2v) is 13.5. The van der Waals surface area contributed by atoms with Crippen LogP contribution < -0.4 is 4.72 Å². The van der Waals surface area contributed by atoms with Crippen molar-refractivity contribution in [1.29, 1.82) is 0 Å². The van der Waals surface area contributed by atoms with Gasteiger partial charge in [0.05, 0.1) is 29.9 Å². The summed E-state index contributed by atoms with van der Waals surface area (Å²) in [6.45, 7) is 9.00. The van der Waals surface area contributed by atoms with Crippen molar-refractivity contribution < 1.29 is 22.4 Å². The van der Waals surface area contributed by atoms with Gasteiger partial charge in [0.1, 0.15) is 4.75 Å². The monoisotopic (exact) mass is 457 g/mol. The highest BCUT2D eigenvalue weighted by molar-refractivity contribution is 7.92. The maximum Gasteiger partial charge on any atom is 0.180 e. The molecule has 6 nitrogen and oxygen atoms in total. The van der Waals surface area contributed by atoms with E-state index in [0.29, 0.717) is 18.1 Å². The van der Waals surface area contributed by atoms with E-state index in [4.69, 9.17) is 9.47 Å². The van der Waals surface area contributed by atoms with Gasteiger partial charge in [0.25, 0.3) is 0 Å². The van der Waals surface area contributed by atoms with Crippen molar-refractivity contribution in [3.8, 4) is 0 Å². The highest BCUT2D eigenvalue weighted by Crippen LogP contribution is 2.49. The standard InChI is InChI=1S/C22H35NO5S2/c1-5-21(11-13-22(14-12-21)27-15-16-28-22)19(23-29(24)20(2,3)4)17-30(25,26)18-9-7-6-8-10-18/h6-10,19,23H,5,11-17H2,1-4H3. The van der Waals surface area contributed by atoms with Crippen molar-refractivity contribution in [2.45, 2.75) is 81.3 Å². The van der Waals surface area contributed by atoms with Crippen LogP contribution in [-0.2, 0) is 30.7 Å². The Labute approximate surface area is 184 Å². The molecule has 1 aromatic rings. The third-order valence-corrected chi connectivity index (χ3v) is 9.93. The molecule has 0 radical (unpaired) electrons. The van der Waals surface area contributed by atoms with Gasteiger partial charge >= 0.3 is 0 Å². The molecule has 2 unspecified atom stereocenters. The normalized spacial score (nSPS) is 23.4. The van der Waals surface area contributed by atoms with Gasteiger partial charge in [-0.3, -0.25) is 0 Å². The van der Waals surface area contributed by atoms with Crippen molar-refractivity contribution in [2.75, 3.05) is 19.0 Å². The molecule has 0 aromatic heterocycles. The Balaban J connectivity index is 1.88. The first kappa shape index (κ1) is 24.0. The van der Waals surface area contributed by atoms with Crippen LogP contribution in [0.15, 0.2) is 35.2 Å². The fourth-order valence-electron chi connectivity index (χ4n) is 4.45. The van der Waals surface area contributed by atoms with E-state index < -0.39 is 37.8 Å². The number of sulfone groups is 1. The summed E-state index contributed by atoms with van der Waals surface area (Å²) in [7, 11) is -3.54. The van der Waals surface area contributed by atoms with Crippen LogP contribution >= 0.6 is 0 Å². The molecule has 0 amide bonds. The van der Waals surface area contributed by atoms with Gasteiger partial charge in [-0.1, -0.05) is 25.1 Å². The zero-order valence-corrected chi connectivity index (χ0v) is 20.1. The quantitative estimate of drug-likeness (QED) is 0.630. The van der Waals surface area contributed by atoms with Crippen molar-refractivity contribution in [3.63, 3.8) is 0 Å². The molecule has 1 aliphatic heterocycles. The van der Waals surface area contributed by atoms with Crippen molar-refractivity contribution in [2.24, 2.45) is 5.41 Å². The third kappa shape index (κ3) is 5.22. The molecule has 1 saturated carbocycles. The van der Waals surface area contributed by atoms with Crippen LogP contribution in [0.25, 0.3) is 0 Å². The topological polar surface area (TPSA) is 87.7 Å². The molecular weight excluding hydrogens is 422 g/mol. The van der Waals surface area contributed by atoms with Crippen molar-refractivity contribution in [3.05, 3.63) is 30.3 Å². The summed E-state index contributed by atoms with van der Waals surface area (Å²) in [6.07, 6.45) is 3.80. The molecule has 170 valence electrons. The van der Waals surface area contributed by atoms with Gasteiger partial charge in [0.15, 0.2) is 15.6 Å². The number of rotatable bonds is 7. The van der Waals surface area contributed by atoms with Crippen LogP contribution in [0, 0.1) is 5.41 Å². The van der Waals surface area contributed by atoms with Crippen molar-refractivity contribution in [1.82, 2.24) is 4.72 Å². The molecule has 30 heavy (non-hydrogen) atoms. The average Bonchev–Trinajstić information content (AvgIpc) is 3.16. The summed E-state index contributed by atoms with van der Waals surface area (Å²) in [6, 6.07) is 8.10. The average molecular weight is 458 g/mol. The van der Waals surface area contributed by atoms with Crippen LogP contribution in [0.3, 0.4) is 0 Å². The predicted molar refractivity (Wildman–Crippen MR) is 119 cm³/mol. The Hall–Kier alpha value is -0.640. The largest absolute Gasteiger partial charge is 0.598 e. The third-order valence-electron chi connectivity index (χ3n) is 6.56. The molecule has 1 N–H and O–H groups in total. The first-order valence-corrected chi connectivity index (χ1v) is 13.6. The molecule has 2 atom stereocenters. The Morgan fingerprint density at radius 1 is 1.10 bits per heavy atom. The number of benzene rings is 1. The van der Waals surface area contributed by atoms with E-state index in [2.05, 4.69) is 11.6 Å². The molecule has 2 fully saturated rings. The molecule has 0 bridgehead atoms. The molecule has 8 heteroatoms. The lowest BCUT2D eigenvalue weighted by Gasteiger charge is -2.47. The van der Waals surface area contributed by atoms with Crippen LogP contribution in [0.1, 0.15) is 59.8 Å². The minimum Gasteiger partial charge on any atom is -0.598 e. The summed E-state index contributed by atoms with van der Waals surface area (Å²) in [5, 5.41) is 0. The Kier molecular flexibility index (Phi) is 7.27. The SMILES string of the molecule is CCC1(C(CS(=O)(=O)c2ccccc2)N[S+]([O-])C(C)(C)C)CCC2(CC1)OCCO2. The maximum atomic E-state index is 13.2. The molecule has 2 aliphatic rings. The van der Waals surface area contributed by atoms with Gasteiger partial charge in [-0.15, -0.1) is 4.72 Å². The van der Waals surface area contributed by atoms with Crippen LogP contribution in [0.2, 0.25) is 0 Å². The summed E-state index contributed by atoms with van der Waals surface area (Å²) >= 11 is -1.38. The lowest BCUT2D eigenvalue weighted by atomic mass is 9.66. The fraction of sp³-hybridized carbons (Fsp3) is 0.727. The predicted octanol–water partition coefficient (Wildman–Crippen LogP) is 3.59. The maximum absolute atomic E-state index is 13.2. The van der Waals surface area contributed by atoms with Crippen LogP contribution in [0.5, 0.6) is 0 Å². The van der Waals surface area contributed by atoms with E-state index in [1.54, 1.807) is 30.3 Å². The highest BCUT2D eigenvalue weighted by Gasteiger charge is 2.51. The van der Waals surface area contributed by atoms with E-state index in [1.807, 2.05) is 20.8 Å². The Bertz CT molecular complexity index is 791. The number of hydrogen-bond donors (Lipinski definition) is 1. The van der Waals surface area contributed by atoms with Gasteiger partial charge in [-0.2, -0.15) is 0 Å². The van der Waals surface area contributed by atoms with Gasteiger partial charge < -0.3 is 14.0 Å². The molecule has 1 aromatic carbocycles. The zero-order chi connectivity index (χ0) is 22.0. The molecule has 1 aliphatic carbocycles. The van der Waals surface area contributed by atoms with E-state index in [1.165, 1.54) is 0 Å². The second-order valence-electron chi connectivity index (χ2n) is 9.47. The number of hydrogen-bond acceptors (Lipinski definition) is 6. The number of ether oxygens (including phenoxy) is 2. The lowest BCUT2D eigenvalue weighted by molar-refractivity contribution is -0.193. The molecule has 1 saturated heterocycles. The Morgan fingerprint density at radius 2 is 1.67 bits per heavy atom. The number of nitrogens with one attached hydrogen (secondary N) is 1. The highest BCUT2D eigenvalue weighted by atomic mass is 32.2. The summed E-state index contributed by atoms with van der Waals surface area (Å²) in [5.41, 5.74) is -0.288. The zero-order valence-electron chi connectivity index (χ0n) is 18.5. The smallest absolute Gasteiger partial charge is 0.180 e. The second kappa shape index (κ2) is 9.08. The van der Waals surface area contributed by atoms with Gasteiger partial charge in [-0.05, 0) is 57.6 Å². The van der Waals surface area contributed by atoms with Gasteiger partial charge in [-0.25, -0.2) is 8.42 Å². The Morgan fingerprint density at radius 3 is 2.17 bits per heavy atom. The van der Waals surface area contributed by atoms with Crippen LogP contribution in [-0.4, -0.2) is 48.5 Å². The summed E-state index contributed by atoms with van der Waals surface area (Å²) in [5.74, 6) is -0.605. The molecule has 1 spiro atoms. The van der Waals surface area contributed by atoms with Gasteiger partial charge in [0.2, 0.25) is 0 Å².